The number of halogens is 1. The van der Waals surface area contributed by atoms with E-state index in [-0.39, 0.29) is 32.1 Å². The van der Waals surface area contributed by atoms with Gasteiger partial charge in [-0.15, -0.1) is 0 Å². The Labute approximate surface area is 438 Å². The number of carbonyl (C=O) groups is 4. The normalized spacial score (nSPS) is 13.7. The number of para-hydroxylation sites is 2. The molecule has 0 aliphatic carbocycles. The van der Waals surface area contributed by atoms with Crippen LogP contribution in [0.25, 0.3) is 10.8 Å². The zero-order valence-electron chi connectivity index (χ0n) is 41.6. The molecule has 0 unspecified atom stereocenters. The minimum absolute atomic E-state index is 0.0315. The maximum absolute atomic E-state index is 17.1. The number of nitro groups is 2. The third kappa shape index (κ3) is 17.7. The minimum atomic E-state index is -4.52. The zero-order chi connectivity index (χ0) is 55.8. The van der Waals surface area contributed by atoms with E-state index in [4.69, 9.17) is 10.5 Å². The number of benzene rings is 5. The molecule has 76 heavy (non-hydrogen) atoms. The fourth-order valence-electron chi connectivity index (χ4n) is 7.79. The zero-order valence-corrected chi connectivity index (χ0v) is 43.3. The predicted octanol–water partition coefficient (Wildman–Crippen LogP) is 5.10. The first kappa shape index (κ1) is 59.2. The van der Waals surface area contributed by atoms with Crippen LogP contribution < -0.4 is 35.9 Å². The monoisotopic (exact) mass is 1090 g/mol. The van der Waals surface area contributed by atoms with Crippen LogP contribution in [0.3, 0.4) is 0 Å². The highest BCUT2D eigenvalue weighted by atomic mass is 32.2. The van der Waals surface area contributed by atoms with Gasteiger partial charge in [-0.05, 0) is 112 Å². The number of carboxylic acid groups (broad SMARTS) is 1. The Balaban J connectivity index is 1.45. The van der Waals surface area contributed by atoms with Crippen molar-refractivity contribution in [1.29, 1.82) is 0 Å². The third-order valence-corrected chi connectivity index (χ3v) is 14.4. The fourth-order valence-corrected chi connectivity index (χ4v) is 10.3. The van der Waals surface area contributed by atoms with Crippen LogP contribution in [-0.2, 0) is 52.1 Å². The van der Waals surface area contributed by atoms with E-state index in [9.17, 15) is 61.3 Å². The average molecular weight is 1090 g/mol. The standard InChI is InChI=1S/C51H59FN8O14S2/c1-51(2,3)74-38-24-21-33(22-25-38)30-40(53)49(64)58-42(15-11-27-56-76(72,73)46-19-9-7-17-44(46)60(68)69)50(65)57-41(14-10-26-55-75(70,71)45-18-8-6-16-43(45)59(66)67)39(52)31-37(48(63)54-32-47(61)62)29-34-20-23-35-12-4-5-13-36(35)28-34/h4-9,12-13,16-25,28,31,37,40-42,55-56H,10-11,14-15,26-27,29-30,32,53H2,1-3H3,(H,54,63)(H,57,65)(H,58,64)(H,61,62)/b39-31-/t37-,40-,41+,42+/m1/s1. The lowest BCUT2D eigenvalue weighted by Crippen LogP contribution is -2.54. The Morgan fingerprint density at radius 2 is 1.18 bits per heavy atom. The van der Waals surface area contributed by atoms with Crippen LogP contribution in [0, 0.1) is 26.1 Å². The number of rotatable bonds is 28. The van der Waals surface area contributed by atoms with Gasteiger partial charge < -0.3 is 31.5 Å². The number of fused-ring (bicyclic) bond motifs is 1. The molecule has 0 bridgehead atoms. The first-order valence-electron chi connectivity index (χ1n) is 23.8. The van der Waals surface area contributed by atoms with Crippen molar-refractivity contribution in [3.05, 3.63) is 159 Å². The van der Waals surface area contributed by atoms with Crippen molar-refractivity contribution in [2.24, 2.45) is 11.7 Å². The molecule has 4 atom stereocenters. The van der Waals surface area contributed by atoms with Gasteiger partial charge in [0.1, 0.15) is 29.8 Å². The summed E-state index contributed by atoms with van der Waals surface area (Å²) in [6.07, 6.45) is -0.497. The molecule has 5 rings (SSSR count). The maximum atomic E-state index is 17.1. The molecule has 0 aromatic heterocycles. The van der Waals surface area contributed by atoms with Gasteiger partial charge >= 0.3 is 5.97 Å². The van der Waals surface area contributed by atoms with Crippen LogP contribution in [0.5, 0.6) is 5.75 Å². The number of nitrogens with two attached hydrogens (primary N) is 1. The molecule has 5 aromatic carbocycles. The highest BCUT2D eigenvalue weighted by Crippen LogP contribution is 2.26. The molecule has 0 radical (unpaired) electrons. The van der Waals surface area contributed by atoms with E-state index in [1.54, 1.807) is 48.5 Å². The summed E-state index contributed by atoms with van der Waals surface area (Å²) < 4.78 is 80.4. The fraction of sp³-hybridized carbons (Fsp3) is 0.333. The Hall–Kier alpha value is -7.71. The first-order valence-corrected chi connectivity index (χ1v) is 26.7. The second kappa shape index (κ2) is 26.7. The molecule has 0 saturated carbocycles. The number of amides is 3. The van der Waals surface area contributed by atoms with Crippen LogP contribution >= 0.6 is 0 Å². The van der Waals surface area contributed by atoms with Crippen molar-refractivity contribution < 1.29 is 60.1 Å². The quantitative estimate of drug-likeness (QED) is 0.0195. The summed E-state index contributed by atoms with van der Waals surface area (Å²) in [5, 5.41) is 41.6. The summed E-state index contributed by atoms with van der Waals surface area (Å²) in [6, 6.07) is 23.9. The van der Waals surface area contributed by atoms with Gasteiger partial charge in [0.15, 0.2) is 9.79 Å². The molecule has 8 N–H and O–H groups in total. The Morgan fingerprint density at radius 3 is 1.72 bits per heavy atom. The number of carbonyl (C=O) groups excluding carboxylic acids is 3. The van der Waals surface area contributed by atoms with Crippen molar-refractivity contribution >= 4 is 65.9 Å². The minimum Gasteiger partial charge on any atom is -0.488 e. The van der Waals surface area contributed by atoms with Crippen LogP contribution in [0.4, 0.5) is 15.8 Å². The number of hydrogen-bond acceptors (Lipinski definition) is 14. The largest absolute Gasteiger partial charge is 0.488 e. The number of nitro benzene ring substituents is 2. The maximum Gasteiger partial charge on any atom is 0.322 e. The molecule has 5 aromatic rings. The molecule has 0 spiro atoms. The van der Waals surface area contributed by atoms with Gasteiger partial charge in [-0.1, -0.05) is 78.9 Å². The molecule has 0 aliphatic heterocycles. The Bertz CT molecular complexity index is 3170. The van der Waals surface area contributed by atoms with Gasteiger partial charge in [-0.3, -0.25) is 39.4 Å². The van der Waals surface area contributed by atoms with Crippen molar-refractivity contribution in [3.8, 4) is 5.75 Å². The van der Waals surface area contributed by atoms with Crippen LogP contribution in [0.2, 0.25) is 0 Å². The summed E-state index contributed by atoms with van der Waals surface area (Å²) in [5.74, 6) is -6.15. The van der Waals surface area contributed by atoms with E-state index in [0.29, 0.717) is 16.9 Å². The molecular formula is C51H59FN8O14S2. The number of hydrogen-bond donors (Lipinski definition) is 7. The highest BCUT2D eigenvalue weighted by molar-refractivity contribution is 7.90. The lowest BCUT2D eigenvalue weighted by Gasteiger charge is -2.25. The molecule has 0 saturated heterocycles. The van der Waals surface area contributed by atoms with Gasteiger partial charge in [0.05, 0.1) is 27.8 Å². The number of aliphatic carboxylic acids is 1. The van der Waals surface area contributed by atoms with Gasteiger partial charge in [0, 0.05) is 25.2 Å². The molecule has 3 amide bonds. The lowest BCUT2D eigenvalue weighted by atomic mass is 9.94. The third-order valence-electron chi connectivity index (χ3n) is 11.4. The van der Waals surface area contributed by atoms with E-state index in [2.05, 4.69) is 25.4 Å². The van der Waals surface area contributed by atoms with E-state index in [0.717, 1.165) is 41.1 Å². The van der Waals surface area contributed by atoms with Crippen molar-refractivity contribution in [1.82, 2.24) is 25.4 Å². The smallest absolute Gasteiger partial charge is 0.322 e. The molecule has 406 valence electrons. The predicted molar refractivity (Wildman–Crippen MR) is 278 cm³/mol. The average Bonchev–Trinajstić information content (AvgIpc) is 3.37. The molecule has 22 nitrogen and oxygen atoms in total. The SMILES string of the molecule is CC(C)(C)Oc1ccc(C[C@@H](N)C(=O)N[C@@H](CCCNS(=O)(=O)c2ccccc2[N+](=O)[O-])C(=O)N[C@@H](CCCNS(=O)(=O)c2ccccc2[N+](=O)[O-])/C(F)=C/[C@@H](Cc2ccc3ccccc3c2)C(=O)NCC(=O)O)cc1. The van der Waals surface area contributed by atoms with Crippen molar-refractivity contribution in [2.45, 2.75) is 92.8 Å². The molecule has 0 aliphatic rings. The van der Waals surface area contributed by atoms with Crippen LogP contribution in [0.1, 0.15) is 57.6 Å². The molecular weight excluding hydrogens is 1030 g/mol. The number of sulfonamides is 2. The number of nitrogens with zero attached hydrogens (tertiary/aromatic N) is 2. The van der Waals surface area contributed by atoms with Crippen LogP contribution in [0.15, 0.2) is 137 Å². The van der Waals surface area contributed by atoms with Crippen LogP contribution in [-0.4, -0.2) is 98.8 Å². The van der Waals surface area contributed by atoms with E-state index in [1.165, 1.54) is 24.3 Å². The highest BCUT2D eigenvalue weighted by Gasteiger charge is 2.31. The van der Waals surface area contributed by atoms with Crippen molar-refractivity contribution in [3.63, 3.8) is 0 Å². The number of nitrogens with one attached hydrogen (secondary N) is 5. The number of carboxylic acids is 1. The van der Waals surface area contributed by atoms with Crippen molar-refractivity contribution in [2.75, 3.05) is 19.6 Å². The molecule has 25 heteroatoms. The summed E-state index contributed by atoms with van der Waals surface area (Å²) in [4.78, 5) is 73.5. The Kier molecular flexibility index (Phi) is 20.8. The lowest BCUT2D eigenvalue weighted by molar-refractivity contribution is -0.388. The van der Waals surface area contributed by atoms with Gasteiger partial charge in [0.2, 0.25) is 37.8 Å². The summed E-state index contributed by atoms with van der Waals surface area (Å²) in [5.41, 5.74) is 5.61. The van der Waals surface area contributed by atoms with Gasteiger partial charge in [0.25, 0.3) is 11.4 Å². The van der Waals surface area contributed by atoms with Gasteiger partial charge in [-0.25, -0.2) is 30.7 Å². The molecule has 0 heterocycles. The second-order valence-electron chi connectivity index (χ2n) is 18.5. The second-order valence-corrected chi connectivity index (χ2v) is 21.9. The van der Waals surface area contributed by atoms with Gasteiger partial charge in [-0.2, -0.15) is 0 Å². The first-order chi connectivity index (χ1) is 35.8. The van der Waals surface area contributed by atoms with E-state index < -0.39 is 136 Å². The summed E-state index contributed by atoms with van der Waals surface area (Å²) >= 11 is 0. The topological polar surface area (TPSA) is 338 Å². The van der Waals surface area contributed by atoms with E-state index >= 15 is 4.39 Å². The summed E-state index contributed by atoms with van der Waals surface area (Å²) in [7, 11) is -9.01. The summed E-state index contributed by atoms with van der Waals surface area (Å²) in [6.45, 7) is 3.92. The number of ether oxygens (including phenoxy) is 1. The Morgan fingerprint density at radius 1 is 0.684 bits per heavy atom. The van der Waals surface area contributed by atoms with E-state index in [1.807, 2.05) is 39.0 Å². The molecule has 0 fully saturated rings.